The lowest BCUT2D eigenvalue weighted by Gasteiger charge is -1.92. The Labute approximate surface area is 91.3 Å². The molecule has 0 unspecified atom stereocenters. The van der Waals surface area contributed by atoms with E-state index in [1.165, 1.54) is 0 Å². The molecule has 0 saturated carbocycles. The third-order valence-corrected chi connectivity index (χ3v) is 2.12. The number of nitrogens with two attached hydrogens (primary N) is 1. The summed E-state index contributed by atoms with van der Waals surface area (Å²) in [6.45, 7) is 5.90. The van der Waals surface area contributed by atoms with Crippen molar-refractivity contribution in [1.29, 1.82) is 0 Å². The number of halogens is 1. The molecule has 2 aromatic heterocycles. The number of anilines is 1. The minimum absolute atomic E-state index is 0.528. The SMILES string of the molecule is CC.Cc1c(N)nn2cc(Br)cnc12. The van der Waals surface area contributed by atoms with Gasteiger partial charge in [-0.15, -0.1) is 5.10 Å². The molecule has 0 spiro atoms. The summed E-state index contributed by atoms with van der Waals surface area (Å²) in [5.74, 6) is 0.528. The van der Waals surface area contributed by atoms with Crippen LogP contribution in [-0.2, 0) is 0 Å². The fourth-order valence-corrected chi connectivity index (χ4v) is 1.34. The first kappa shape index (κ1) is 11.0. The van der Waals surface area contributed by atoms with E-state index in [0.717, 1.165) is 15.7 Å². The van der Waals surface area contributed by atoms with Crippen molar-refractivity contribution >= 4 is 27.4 Å². The van der Waals surface area contributed by atoms with Gasteiger partial charge in [-0.25, -0.2) is 9.50 Å². The molecule has 0 aliphatic rings. The summed E-state index contributed by atoms with van der Waals surface area (Å²) < 4.78 is 2.55. The van der Waals surface area contributed by atoms with Crippen molar-refractivity contribution in [3.8, 4) is 0 Å². The highest BCUT2D eigenvalue weighted by atomic mass is 79.9. The van der Waals surface area contributed by atoms with Gasteiger partial charge in [0.25, 0.3) is 0 Å². The van der Waals surface area contributed by atoms with E-state index < -0.39 is 0 Å². The third kappa shape index (κ3) is 1.87. The first-order chi connectivity index (χ1) is 6.68. The third-order valence-electron chi connectivity index (χ3n) is 1.71. The Bertz CT molecular complexity index is 436. The van der Waals surface area contributed by atoms with Crippen LogP contribution in [0.2, 0.25) is 0 Å². The first-order valence-corrected chi connectivity index (χ1v) is 5.24. The molecule has 0 bridgehead atoms. The van der Waals surface area contributed by atoms with Crippen LogP contribution in [0.15, 0.2) is 16.9 Å². The molecule has 0 radical (unpaired) electrons. The molecular formula is C9H13BrN4. The molecular weight excluding hydrogens is 244 g/mol. The van der Waals surface area contributed by atoms with Gasteiger partial charge in [-0.1, -0.05) is 13.8 Å². The van der Waals surface area contributed by atoms with Crippen LogP contribution >= 0.6 is 15.9 Å². The van der Waals surface area contributed by atoms with Crippen LogP contribution < -0.4 is 5.73 Å². The zero-order valence-electron chi connectivity index (χ0n) is 8.45. The molecule has 0 aromatic carbocycles. The Morgan fingerprint density at radius 2 is 2.07 bits per heavy atom. The van der Waals surface area contributed by atoms with Gasteiger partial charge in [0.1, 0.15) is 0 Å². The van der Waals surface area contributed by atoms with E-state index in [1.54, 1.807) is 10.7 Å². The molecule has 14 heavy (non-hydrogen) atoms. The zero-order chi connectivity index (χ0) is 10.7. The van der Waals surface area contributed by atoms with Gasteiger partial charge < -0.3 is 5.73 Å². The molecule has 2 aromatic rings. The fraction of sp³-hybridized carbons (Fsp3) is 0.333. The molecule has 2 heterocycles. The highest BCUT2D eigenvalue weighted by molar-refractivity contribution is 9.10. The number of aryl methyl sites for hydroxylation is 1. The smallest absolute Gasteiger partial charge is 0.160 e. The number of fused-ring (bicyclic) bond motifs is 1. The Kier molecular flexibility index (Phi) is 3.46. The Balaban J connectivity index is 0.000000461. The van der Waals surface area contributed by atoms with Crippen molar-refractivity contribution in [3.63, 3.8) is 0 Å². The van der Waals surface area contributed by atoms with Crippen molar-refractivity contribution in [2.45, 2.75) is 20.8 Å². The molecule has 0 fully saturated rings. The van der Waals surface area contributed by atoms with Gasteiger partial charge in [0, 0.05) is 18.0 Å². The van der Waals surface area contributed by atoms with E-state index >= 15 is 0 Å². The van der Waals surface area contributed by atoms with Gasteiger partial charge in [-0.3, -0.25) is 0 Å². The molecule has 0 aliphatic carbocycles. The van der Waals surface area contributed by atoms with Gasteiger partial charge in [0.15, 0.2) is 11.5 Å². The molecule has 0 aliphatic heterocycles. The van der Waals surface area contributed by atoms with Crippen LogP contribution in [0.25, 0.3) is 5.65 Å². The maximum Gasteiger partial charge on any atom is 0.160 e. The van der Waals surface area contributed by atoms with Gasteiger partial charge in [-0.05, 0) is 22.9 Å². The van der Waals surface area contributed by atoms with Gasteiger partial charge in [-0.2, -0.15) is 0 Å². The minimum atomic E-state index is 0.528. The van der Waals surface area contributed by atoms with Crippen molar-refractivity contribution in [3.05, 3.63) is 22.4 Å². The van der Waals surface area contributed by atoms with Gasteiger partial charge in [0.05, 0.1) is 4.47 Å². The molecule has 0 amide bonds. The topological polar surface area (TPSA) is 56.2 Å². The Hall–Kier alpha value is -1.10. The second-order valence-corrected chi connectivity index (χ2v) is 3.47. The number of hydrogen-bond donors (Lipinski definition) is 1. The lowest BCUT2D eigenvalue weighted by atomic mass is 10.3. The molecule has 0 atom stereocenters. The highest BCUT2D eigenvalue weighted by Gasteiger charge is 2.05. The first-order valence-electron chi connectivity index (χ1n) is 4.44. The number of nitrogen functional groups attached to an aromatic ring is 1. The maximum absolute atomic E-state index is 5.62. The van der Waals surface area contributed by atoms with Crippen LogP contribution in [0.1, 0.15) is 19.4 Å². The zero-order valence-corrected chi connectivity index (χ0v) is 10.0. The molecule has 5 heteroatoms. The summed E-state index contributed by atoms with van der Waals surface area (Å²) in [6, 6.07) is 0. The van der Waals surface area contributed by atoms with Gasteiger partial charge >= 0.3 is 0 Å². The Morgan fingerprint density at radius 3 is 2.71 bits per heavy atom. The molecule has 4 nitrogen and oxygen atoms in total. The van der Waals surface area contributed by atoms with Crippen LogP contribution in [0.5, 0.6) is 0 Å². The second kappa shape index (κ2) is 4.41. The highest BCUT2D eigenvalue weighted by Crippen LogP contribution is 2.16. The number of aromatic nitrogens is 3. The average Bonchev–Trinajstić information content (AvgIpc) is 2.45. The van der Waals surface area contributed by atoms with E-state index in [0.29, 0.717) is 5.82 Å². The lowest BCUT2D eigenvalue weighted by Crippen LogP contribution is -1.89. The van der Waals surface area contributed by atoms with Crippen LogP contribution in [0.4, 0.5) is 5.82 Å². The summed E-state index contributed by atoms with van der Waals surface area (Å²) in [4.78, 5) is 4.17. The number of hydrogen-bond acceptors (Lipinski definition) is 3. The van der Waals surface area contributed by atoms with Crippen molar-refractivity contribution < 1.29 is 0 Å². The summed E-state index contributed by atoms with van der Waals surface area (Å²) in [7, 11) is 0. The normalized spacial score (nSPS) is 9.71. The Morgan fingerprint density at radius 1 is 1.43 bits per heavy atom. The summed E-state index contributed by atoms with van der Waals surface area (Å²) in [6.07, 6.45) is 3.55. The minimum Gasteiger partial charge on any atom is -0.382 e. The number of rotatable bonds is 0. The van der Waals surface area contributed by atoms with Crippen molar-refractivity contribution in [1.82, 2.24) is 14.6 Å². The largest absolute Gasteiger partial charge is 0.382 e. The van der Waals surface area contributed by atoms with Gasteiger partial charge in [0.2, 0.25) is 0 Å². The van der Waals surface area contributed by atoms with E-state index in [1.807, 2.05) is 27.0 Å². The second-order valence-electron chi connectivity index (χ2n) is 2.55. The predicted molar refractivity (Wildman–Crippen MR) is 61.2 cm³/mol. The summed E-state index contributed by atoms with van der Waals surface area (Å²) >= 11 is 3.30. The molecule has 76 valence electrons. The van der Waals surface area contributed by atoms with Crippen molar-refractivity contribution in [2.24, 2.45) is 0 Å². The van der Waals surface area contributed by atoms with Crippen LogP contribution in [0.3, 0.4) is 0 Å². The van der Waals surface area contributed by atoms with Crippen LogP contribution in [-0.4, -0.2) is 14.6 Å². The fourth-order valence-electron chi connectivity index (χ4n) is 1.04. The lowest BCUT2D eigenvalue weighted by molar-refractivity contribution is 0.938. The quantitative estimate of drug-likeness (QED) is 0.788. The van der Waals surface area contributed by atoms with Crippen molar-refractivity contribution in [2.75, 3.05) is 5.73 Å². The maximum atomic E-state index is 5.62. The monoisotopic (exact) mass is 256 g/mol. The standard InChI is InChI=1S/C7H7BrN4.C2H6/c1-4-6(9)11-12-3-5(8)2-10-7(4)12;1-2/h2-3H,1H3,(H2,9,11);1-2H3. The predicted octanol–water partition coefficient (Wildman–Crippen LogP) is 2.41. The van der Waals surface area contributed by atoms with Crippen LogP contribution in [0, 0.1) is 6.92 Å². The summed E-state index contributed by atoms with van der Waals surface area (Å²) in [5.41, 5.74) is 7.34. The van der Waals surface area contributed by atoms with E-state index in [2.05, 4.69) is 26.0 Å². The van der Waals surface area contributed by atoms with E-state index in [-0.39, 0.29) is 0 Å². The van der Waals surface area contributed by atoms with E-state index in [4.69, 9.17) is 5.73 Å². The molecule has 2 N–H and O–H groups in total. The van der Waals surface area contributed by atoms with E-state index in [9.17, 15) is 0 Å². The summed E-state index contributed by atoms with van der Waals surface area (Å²) in [5, 5.41) is 4.08. The average molecular weight is 257 g/mol. The molecule has 2 rings (SSSR count). The molecule has 0 saturated heterocycles. The number of nitrogens with zero attached hydrogens (tertiary/aromatic N) is 3.